The number of esters is 4. The summed E-state index contributed by atoms with van der Waals surface area (Å²) in [4.78, 5) is 72.8. The molecule has 0 aromatic rings. The van der Waals surface area contributed by atoms with Crippen LogP contribution in [0.5, 0.6) is 0 Å². The van der Waals surface area contributed by atoms with E-state index in [1.807, 2.05) is 0 Å². The number of ether oxygens (including phenoxy) is 4. The molecule has 17 nitrogen and oxygen atoms in total. The zero-order valence-corrected chi connectivity index (χ0v) is 63.1. The van der Waals surface area contributed by atoms with Crippen molar-refractivity contribution in [3.05, 3.63) is 48.6 Å². The molecule has 0 fully saturated rings. The Labute approximate surface area is 585 Å². The minimum Gasteiger partial charge on any atom is -0.462 e. The summed E-state index contributed by atoms with van der Waals surface area (Å²) in [6, 6.07) is 0. The first-order valence-corrected chi connectivity index (χ1v) is 41.9. The van der Waals surface area contributed by atoms with Gasteiger partial charge in [-0.3, -0.25) is 37.3 Å². The number of carbonyl (C=O) groups is 4. The predicted molar refractivity (Wildman–Crippen MR) is 390 cm³/mol. The Bertz CT molecular complexity index is 2010. The fourth-order valence-electron chi connectivity index (χ4n) is 10.8. The molecule has 0 aliphatic carbocycles. The molecule has 0 spiro atoms. The van der Waals surface area contributed by atoms with Crippen molar-refractivity contribution in [2.45, 2.75) is 380 Å². The molecular weight excluding hydrogens is 1260 g/mol. The Hall–Kier alpha value is -2.98. The van der Waals surface area contributed by atoms with Gasteiger partial charge in [0.05, 0.1) is 26.4 Å². The van der Waals surface area contributed by atoms with Crippen LogP contribution in [0.3, 0.4) is 0 Å². The molecular formula is C77H142O17P2. The molecule has 5 unspecified atom stereocenters. The molecule has 3 N–H and O–H groups in total. The topological polar surface area (TPSA) is 237 Å². The maximum absolute atomic E-state index is 13.1. The average Bonchev–Trinajstić information content (AvgIpc) is 1.17. The molecule has 5 atom stereocenters. The van der Waals surface area contributed by atoms with E-state index in [1.165, 1.54) is 135 Å². The van der Waals surface area contributed by atoms with E-state index in [-0.39, 0.29) is 25.7 Å². The third-order valence-corrected chi connectivity index (χ3v) is 18.7. The summed E-state index contributed by atoms with van der Waals surface area (Å²) in [6.07, 6.45) is 66.7. The van der Waals surface area contributed by atoms with Crippen LogP contribution in [0.15, 0.2) is 48.6 Å². The summed E-state index contributed by atoms with van der Waals surface area (Å²) in [5, 5.41) is 10.6. The highest BCUT2D eigenvalue weighted by Gasteiger charge is 2.30. The van der Waals surface area contributed by atoms with Gasteiger partial charge in [0.1, 0.15) is 19.3 Å². The second-order valence-electron chi connectivity index (χ2n) is 26.3. The summed E-state index contributed by atoms with van der Waals surface area (Å²) in [6.45, 7) is 4.84. The minimum absolute atomic E-state index is 0.0997. The number of phosphoric acid groups is 2. The Morgan fingerprint density at radius 1 is 0.292 bits per heavy atom. The van der Waals surface area contributed by atoms with Crippen molar-refractivity contribution >= 4 is 39.5 Å². The van der Waals surface area contributed by atoms with E-state index < -0.39 is 97.5 Å². The molecule has 0 aliphatic heterocycles. The van der Waals surface area contributed by atoms with E-state index in [1.54, 1.807) is 0 Å². The number of hydrogen-bond acceptors (Lipinski definition) is 15. The highest BCUT2D eigenvalue weighted by Crippen LogP contribution is 2.45. The van der Waals surface area contributed by atoms with Crippen molar-refractivity contribution in [2.75, 3.05) is 39.6 Å². The number of unbranched alkanes of at least 4 members (excludes halogenated alkanes) is 40. The number of hydrogen-bond donors (Lipinski definition) is 3. The minimum atomic E-state index is -4.97. The van der Waals surface area contributed by atoms with Gasteiger partial charge in [0.15, 0.2) is 12.2 Å². The zero-order valence-electron chi connectivity index (χ0n) is 61.3. The normalized spacial score (nSPS) is 14.2. The second kappa shape index (κ2) is 70.5. The van der Waals surface area contributed by atoms with Crippen molar-refractivity contribution in [3.8, 4) is 0 Å². The van der Waals surface area contributed by atoms with E-state index in [0.29, 0.717) is 25.7 Å². The van der Waals surface area contributed by atoms with Gasteiger partial charge in [-0.2, -0.15) is 0 Å². The molecule has 0 saturated carbocycles. The van der Waals surface area contributed by atoms with E-state index in [0.717, 1.165) is 148 Å². The van der Waals surface area contributed by atoms with Crippen LogP contribution in [0.1, 0.15) is 362 Å². The molecule has 96 heavy (non-hydrogen) atoms. The number of allylic oxidation sites excluding steroid dienone is 8. The molecule has 0 saturated heterocycles. The smallest absolute Gasteiger partial charge is 0.462 e. The lowest BCUT2D eigenvalue weighted by Crippen LogP contribution is -2.30. The van der Waals surface area contributed by atoms with E-state index >= 15 is 0 Å². The van der Waals surface area contributed by atoms with Crippen LogP contribution in [0.25, 0.3) is 0 Å². The fraction of sp³-hybridized carbons (Fsp3) is 0.844. The molecule has 0 radical (unpaired) electrons. The molecule has 0 rings (SSSR count). The standard InChI is InChI=1S/C77H142O17P2/c1-5-9-13-17-21-25-29-31-33-34-35-36-38-39-43-46-50-54-58-62-75(80)88-68-73(94-77(82)64-60-56-52-48-44-40-37-32-30-26-22-18-14-10-6-2)70-92-96(85,86)90-66-71(78)65-89-95(83,84)91-69-72(93-76(81)63-59-55-51-47-42-28-24-20-16-12-8-4)67-87-74(79)61-57-53-49-45-41-27-23-19-15-11-7-3/h19,21,23,25,31,33,35-36,71-73,78H,5-18,20,22,24,26-30,32,34,37-70H2,1-4H3,(H,83,84)(H,85,86)/b23-19-,25-21-,33-31-,36-35-. The fourth-order valence-corrected chi connectivity index (χ4v) is 12.4. The molecule has 0 bridgehead atoms. The summed E-state index contributed by atoms with van der Waals surface area (Å²) >= 11 is 0. The predicted octanol–water partition coefficient (Wildman–Crippen LogP) is 22.1. The summed E-state index contributed by atoms with van der Waals surface area (Å²) < 4.78 is 68.4. The first-order valence-electron chi connectivity index (χ1n) is 38.9. The van der Waals surface area contributed by atoms with Gasteiger partial charge >= 0.3 is 39.5 Å². The number of carbonyl (C=O) groups excluding carboxylic acids is 4. The summed E-state index contributed by atoms with van der Waals surface area (Å²) in [5.41, 5.74) is 0. The maximum Gasteiger partial charge on any atom is 0.472 e. The lowest BCUT2D eigenvalue weighted by molar-refractivity contribution is -0.161. The van der Waals surface area contributed by atoms with Gasteiger partial charge in [-0.25, -0.2) is 9.13 Å². The average molecular weight is 1400 g/mol. The van der Waals surface area contributed by atoms with Gasteiger partial charge in [0.2, 0.25) is 0 Å². The van der Waals surface area contributed by atoms with Crippen LogP contribution in [-0.4, -0.2) is 96.7 Å². The molecule has 0 amide bonds. The van der Waals surface area contributed by atoms with Crippen LogP contribution in [0, 0.1) is 0 Å². The van der Waals surface area contributed by atoms with E-state index in [2.05, 4.69) is 76.3 Å². The maximum atomic E-state index is 13.1. The Morgan fingerprint density at radius 3 is 0.844 bits per heavy atom. The number of aliphatic hydroxyl groups is 1. The number of aliphatic hydroxyl groups excluding tert-OH is 1. The van der Waals surface area contributed by atoms with Gasteiger partial charge in [-0.15, -0.1) is 0 Å². The van der Waals surface area contributed by atoms with Crippen LogP contribution in [-0.2, 0) is 65.4 Å². The largest absolute Gasteiger partial charge is 0.472 e. The highest BCUT2D eigenvalue weighted by molar-refractivity contribution is 7.47. The van der Waals surface area contributed by atoms with Gasteiger partial charge < -0.3 is 33.8 Å². The monoisotopic (exact) mass is 1400 g/mol. The summed E-state index contributed by atoms with van der Waals surface area (Å²) in [5.74, 6) is -2.16. The van der Waals surface area contributed by atoms with Gasteiger partial charge in [-0.1, -0.05) is 301 Å². The van der Waals surface area contributed by atoms with Crippen LogP contribution in [0.2, 0.25) is 0 Å². The van der Waals surface area contributed by atoms with Crippen molar-refractivity contribution in [2.24, 2.45) is 0 Å². The van der Waals surface area contributed by atoms with Crippen LogP contribution in [0.4, 0.5) is 0 Å². The number of phosphoric ester groups is 2. The van der Waals surface area contributed by atoms with E-state index in [4.69, 9.17) is 37.0 Å². The van der Waals surface area contributed by atoms with Gasteiger partial charge in [-0.05, 0) is 83.5 Å². The molecule has 562 valence electrons. The zero-order chi connectivity index (χ0) is 70.4. The van der Waals surface area contributed by atoms with Crippen molar-refractivity contribution in [1.29, 1.82) is 0 Å². The van der Waals surface area contributed by atoms with Crippen molar-refractivity contribution in [1.82, 2.24) is 0 Å². The highest BCUT2D eigenvalue weighted by atomic mass is 31.2. The van der Waals surface area contributed by atoms with E-state index in [9.17, 15) is 43.2 Å². The first kappa shape index (κ1) is 93.0. The van der Waals surface area contributed by atoms with Gasteiger partial charge in [0.25, 0.3) is 0 Å². The molecule has 0 heterocycles. The summed E-state index contributed by atoms with van der Waals surface area (Å²) in [7, 11) is -9.93. The molecule has 0 aromatic heterocycles. The van der Waals surface area contributed by atoms with Gasteiger partial charge in [0, 0.05) is 25.7 Å². The third kappa shape index (κ3) is 69.5. The SMILES string of the molecule is CCCC/C=C\CCCCCCCC(=O)OCC(COP(=O)(O)OCC(O)COP(=O)(O)OCC(COC(=O)CCCCCCCC/C=C\C/C=C\C/C=C\CCCCC)OC(=O)CCCCCCCCCCCCCCCCC)OC(=O)CCCCCCCCCCCCC. The van der Waals surface area contributed by atoms with Crippen LogP contribution < -0.4 is 0 Å². The van der Waals surface area contributed by atoms with Crippen molar-refractivity contribution < 1.29 is 80.2 Å². The lowest BCUT2D eigenvalue weighted by atomic mass is 10.0. The Balaban J connectivity index is 5.28. The third-order valence-electron chi connectivity index (χ3n) is 16.8. The molecule has 0 aliphatic rings. The molecule has 19 heteroatoms. The Kier molecular flexibility index (Phi) is 68.3. The Morgan fingerprint density at radius 2 is 0.521 bits per heavy atom. The quantitative estimate of drug-likeness (QED) is 0.0169. The van der Waals surface area contributed by atoms with Crippen molar-refractivity contribution in [3.63, 3.8) is 0 Å². The first-order chi connectivity index (χ1) is 46.7. The molecule has 0 aromatic carbocycles. The second-order valence-corrected chi connectivity index (χ2v) is 29.2. The lowest BCUT2D eigenvalue weighted by Gasteiger charge is -2.21. The number of rotatable bonds is 74. The van der Waals surface area contributed by atoms with Crippen LogP contribution >= 0.6 is 15.6 Å².